The fraction of sp³-hybridized carbons (Fsp3) is 0.192. The number of carbonyl (C=O) groups excluding carboxylic acids is 1. The van der Waals surface area contributed by atoms with E-state index in [0.29, 0.717) is 39.8 Å². The molecule has 1 aliphatic rings. The summed E-state index contributed by atoms with van der Waals surface area (Å²) in [6.07, 6.45) is -4.65. The van der Waals surface area contributed by atoms with Gasteiger partial charge >= 0.3 is 12.2 Å². The molecule has 4 aromatic rings. The van der Waals surface area contributed by atoms with Gasteiger partial charge in [0.2, 0.25) is 6.79 Å². The predicted octanol–water partition coefficient (Wildman–Crippen LogP) is 5.72. The van der Waals surface area contributed by atoms with Gasteiger partial charge in [0, 0.05) is 16.8 Å². The minimum absolute atomic E-state index is 0.0880. The number of carbonyl (C=O) groups is 1. The molecule has 1 N–H and O–H groups in total. The average molecular weight is 510 g/mol. The molecule has 0 aliphatic carbocycles. The van der Waals surface area contributed by atoms with Crippen LogP contribution in [0.2, 0.25) is 0 Å². The molecule has 1 aliphatic heterocycles. The highest BCUT2D eigenvalue weighted by Crippen LogP contribution is 2.33. The lowest BCUT2D eigenvalue weighted by atomic mass is 10.1. The number of fused-ring (bicyclic) bond motifs is 1. The molecule has 1 aromatic heterocycles. The van der Waals surface area contributed by atoms with Crippen LogP contribution in [0.15, 0.2) is 66.7 Å². The summed E-state index contributed by atoms with van der Waals surface area (Å²) in [7, 11) is 0. The first kappa shape index (κ1) is 24.2. The molecular formula is C26H21F3N4O4. The van der Waals surface area contributed by atoms with Crippen LogP contribution in [-0.2, 0) is 6.18 Å². The molecule has 5 rings (SSSR count). The smallest absolute Gasteiger partial charge is 0.416 e. The highest BCUT2D eigenvalue weighted by molar-refractivity contribution is 6.04. The van der Waals surface area contributed by atoms with E-state index in [4.69, 9.17) is 14.2 Å². The zero-order valence-corrected chi connectivity index (χ0v) is 19.7. The Morgan fingerprint density at radius 2 is 1.70 bits per heavy atom. The standard InChI is InChI=1S/C26H21F3N4O4/c1-15(2)37-25-31-23(16-3-6-18(7-4-16)26(27,28)29)33(32-25)20-10-8-19(9-11-20)30-24(34)17-5-12-21-22(13-17)36-14-35-21/h3-13,15H,14H2,1-2H3,(H,30,34). The van der Waals surface area contributed by atoms with Gasteiger partial charge in [-0.25, -0.2) is 4.68 Å². The number of rotatable bonds is 6. The second-order valence-corrected chi connectivity index (χ2v) is 8.44. The largest absolute Gasteiger partial charge is 0.460 e. The normalized spacial score (nSPS) is 12.6. The Morgan fingerprint density at radius 1 is 1.00 bits per heavy atom. The van der Waals surface area contributed by atoms with Gasteiger partial charge in [-0.3, -0.25) is 4.79 Å². The summed E-state index contributed by atoms with van der Waals surface area (Å²) >= 11 is 0. The molecule has 0 saturated heterocycles. The van der Waals surface area contributed by atoms with Crippen LogP contribution in [-0.4, -0.2) is 33.6 Å². The monoisotopic (exact) mass is 510 g/mol. The van der Waals surface area contributed by atoms with E-state index < -0.39 is 11.7 Å². The maximum absolute atomic E-state index is 13.0. The quantitative estimate of drug-likeness (QED) is 0.357. The average Bonchev–Trinajstić information content (AvgIpc) is 3.50. The Kier molecular flexibility index (Phi) is 6.20. The van der Waals surface area contributed by atoms with Crippen molar-refractivity contribution in [3.63, 3.8) is 0 Å². The Balaban J connectivity index is 1.40. The Bertz CT molecular complexity index is 1430. The third-order valence-corrected chi connectivity index (χ3v) is 5.40. The molecule has 0 radical (unpaired) electrons. The summed E-state index contributed by atoms with van der Waals surface area (Å²) in [6, 6.07) is 16.4. The fourth-order valence-electron chi connectivity index (χ4n) is 3.66. The van der Waals surface area contributed by atoms with Crippen LogP contribution in [0.5, 0.6) is 17.5 Å². The van der Waals surface area contributed by atoms with E-state index in [1.165, 1.54) is 16.8 Å². The molecule has 2 heterocycles. The van der Waals surface area contributed by atoms with Crippen molar-refractivity contribution in [3.05, 3.63) is 77.9 Å². The highest BCUT2D eigenvalue weighted by atomic mass is 19.4. The van der Waals surface area contributed by atoms with Crippen LogP contribution >= 0.6 is 0 Å². The molecule has 1 amide bonds. The lowest BCUT2D eigenvalue weighted by Crippen LogP contribution is -2.12. The fourth-order valence-corrected chi connectivity index (χ4v) is 3.66. The molecule has 3 aromatic carbocycles. The topological polar surface area (TPSA) is 87.5 Å². The summed E-state index contributed by atoms with van der Waals surface area (Å²) in [5.74, 6) is 1.06. The number of nitrogens with one attached hydrogen (secondary N) is 1. The van der Waals surface area contributed by atoms with E-state index in [1.54, 1.807) is 42.5 Å². The Morgan fingerprint density at radius 3 is 2.38 bits per heavy atom. The minimum atomic E-state index is -4.45. The lowest BCUT2D eigenvalue weighted by molar-refractivity contribution is -0.137. The van der Waals surface area contributed by atoms with Gasteiger partial charge < -0.3 is 19.5 Å². The van der Waals surface area contributed by atoms with Crippen molar-refractivity contribution >= 4 is 11.6 Å². The van der Waals surface area contributed by atoms with E-state index in [-0.39, 0.29) is 24.8 Å². The van der Waals surface area contributed by atoms with E-state index >= 15 is 0 Å². The first-order valence-corrected chi connectivity index (χ1v) is 11.3. The van der Waals surface area contributed by atoms with Gasteiger partial charge in [0.05, 0.1) is 17.4 Å². The summed E-state index contributed by atoms with van der Waals surface area (Å²) in [4.78, 5) is 17.1. The zero-order chi connectivity index (χ0) is 26.2. The maximum atomic E-state index is 13.0. The van der Waals surface area contributed by atoms with Gasteiger partial charge in [-0.05, 0) is 68.4 Å². The van der Waals surface area contributed by atoms with Crippen LogP contribution in [0.4, 0.5) is 18.9 Å². The number of benzene rings is 3. The van der Waals surface area contributed by atoms with Crippen molar-refractivity contribution in [1.29, 1.82) is 0 Å². The molecule has 0 unspecified atom stereocenters. The first-order chi connectivity index (χ1) is 17.7. The number of hydrogen-bond acceptors (Lipinski definition) is 6. The third kappa shape index (κ3) is 5.20. The van der Waals surface area contributed by atoms with Crippen molar-refractivity contribution in [2.75, 3.05) is 12.1 Å². The van der Waals surface area contributed by atoms with Crippen LogP contribution < -0.4 is 19.5 Å². The maximum Gasteiger partial charge on any atom is 0.416 e. The summed E-state index contributed by atoms with van der Waals surface area (Å²) in [5, 5.41) is 7.20. The molecular weight excluding hydrogens is 489 g/mol. The number of anilines is 1. The van der Waals surface area contributed by atoms with Gasteiger partial charge in [-0.15, -0.1) is 5.10 Å². The van der Waals surface area contributed by atoms with Crippen molar-refractivity contribution in [2.45, 2.75) is 26.1 Å². The molecule has 37 heavy (non-hydrogen) atoms. The molecule has 11 heteroatoms. The van der Waals surface area contributed by atoms with Gasteiger partial charge in [0.25, 0.3) is 5.91 Å². The lowest BCUT2D eigenvalue weighted by Gasteiger charge is -2.10. The second-order valence-electron chi connectivity index (χ2n) is 8.44. The molecule has 0 fully saturated rings. The number of aromatic nitrogens is 3. The SMILES string of the molecule is CC(C)Oc1nc(-c2ccc(C(F)(F)F)cc2)n(-c2ccc(NC(=O)c3ccc4c(c3)OCO4)cc2)n1. The van der Waals surface area contributed by atoms with Crippen LogP contribution in [0.3, 0.4) is 0 Å². The Labute approximate surface area is 209 Å². The van der Waals surface area contributed by atoms with E-state index in [0.717, 1.165) is 12.1 Å². The van der Waals surface area contributed by atoms with Crippen molar-refractivity contribution in [3.8, 4) is 34.6 Å². The van der Waals surface area contributed by atoms with E-state index in [2.05, 4.69) is 15.4 Å². The van der Waals surface area contributed by atoms with Gasteiger partial charge in [0.15, 0.2) is 17.3 Å². The number of alkyl halides is 3. The molecule has 190 valence electrons. The van der Waals surface area contributed by atoms with Gasteiger partial charge in [-0.2, -0.15) is 18.2 Å². The summed E-state index contributed by atoms with van der Waals surface area (Å²) in [6.45, 7) is 3.74. The Hall–Kier alpha value is -4.54. The molecule has 0 saturated carbocycles. The number of halogens is 3. The van der Waals surface area contributed by atoms with E-state index in [1.807, 2.05) is 13.8 Å². The molecule has 0 atom stereocenters. The highest BCUT2D eigenvalue weighted by Gasteiger charge is 2.30. The van der Waals surface area contributed by atoms with Crippen molar-refractivity contribution < 1.29 is 32.2 Å². The van der Waals surface area contributed by atoms with Crippen molar-refractivity contribution in [2.24, 2.45) is 0 Å². The summed E-state index contributed by atoms with van der Waals surface area (Å²) < 4.78 is 56.7. The van der Waals surface area contributed by atoms with Crippen LogP contribution in [0.1, 0.15) is 29.8 Å². The molecule has 0 spiro atoms. The molecule has 8 nitrogen and oxygen atoms in total. The predicted molar refractivity (Wildman–Crippen MR) is 128 cm³/mol. The van der Waals surface area contributed by atoms with Crippen LogP contribution in [0, 0.1) is 0 Å². The zero-order valence-electron chi connectivity index (χ0n) is 19.7. The number of nitrogens with zero attached hydrogens (tertiary/aromatic N) is 3. The minimum Gasteiger partial charge on any atom is -0.460 e. The molecule has 0 bridgehead atoms. The third-order valence-electron chi connectivity index (χ3n) is 5.40. The van der Waals surface area contributed by atoms with E-state index in [9.17, 15) is 18.0 Å². The van der Waals surface area contributed by atoms with Gasteiger partial charge in [-0.1, -0.05) is 12.1 Å². The number of amides is 1. The number of hydrogen-bond donors (Lipinski definition) is 1. The van der Waals surface area contributed by atoms with Gasteiger partial charge in [0.1, 0.15) is 0 Å². The van der Waals surface area contributed by atoms with Crippen LogP contribution in [0.25, 0.3) is 17.1 Å². The first-order valence-electron chi connectivity index (χ1n) is 11.3. The second kappa shape index (κ2) is 9.49. The summed E-state index contributed by atoms with van der Waals surface area (Å²) in [5.41, 5.74) is 1.18. The van der Waals surface area contributed by atoms with Crippen molar-refractivity contribution in [1.82, 2.24) is 14.8 Å². The number of ether oxygens (including phenoxy) is 3.